The molecule has 1 aromatic heterocycles. The highest BCUT2D eigenvalue weighted by Gasteiger charge is 2.19. The average Bonchev–Trinajstić information content (AvgIpc) is 2.56. The van der Waals surface area contributed by atoms with E-state index in [-0.39, 0.29) is 18.0 Å². The maximum atomic E-state index is 11.9. The molecule has 1 aromatic carbocycles. The molecular weight excluding hydrogens is 358 g/mol. The Hall–Kier alpha value is -1.88. The SMILES string of the molecule is C[C@H](CC(=O)OCc1ccccc1)[C@H](C)Oc1ccc(Br)cn1. The highest BCUT2D eigenvalue weighted by molar-refractivity contribution is 9.10. The highest BCUT2D eigenvalue weighted by atomic mass is 79.9. The van der Waals surface area contributed by atoms with Crippen LogP contribution in [0.3, 0.4) is 0 Å². The number of nitrogens with zero attached hydrogens (tertiary/aromatic N) is 1. The first-order valence-electron chi connectivity index (χ1n) is 7.52. The van der Waals surface area contributed by atoms with Gasteiger partial charge in [-0.05, 0) is 34.5 Å². The van der Waals surface area contributed by atoms with Crippen LogP contribution in [0.2, 0.25) is 0 Å². The van der Waals surface area contributed by atoms with Crippen LogP contribution in [-0.2, 0) is 16.1 Å². The third-order valence-electron chi connectivity index (χ3n) is 3.54. The lowest BCUT2D eigenvalue weighted by Crippen LogP contribution is -2.24. The van der Waals surface area contributed by atoms with Crippen LogP contribution in [0.1, 0.15) is 25.8 Å². The van der Waals surface area contributed by atoms with Gasteiger partial charge in [0.05, 0.1) is 6.42 Å². The van der Waals surface area contributed by atoms with Crippen molar-refractivity contribution in [2.24, 2.45) is 5.92 Å². The summed E-state index contributed by atoms with van der Waals surface area (Å²) in [5.41, 5.74) is 0.983. The van der Waals surface area contributed by atoms with Crippen molar-refractivity contribution in [3.8, 4) is 5.88 Å². The molecule has 0 saturated heterocycles. The predicted molar refractivity (Wildman–Crippen MR) is 92.0 cm³/mol. The number of halogens is 1. The Balaban J connectivity index is 1.77. The summed E-state index contributed by atoms with van der Waals surface area (Å²) in [5, 5.41) is 0. The zero-order chi connectivity index (χ0) is 16.7. The predicted octanol–water partition coefficient (Wildman–Crippen LogP) is 4.38. The largest absolute Gasteiger partial charge is 0.474 e. The minimum absolute atomic E-state index is 0.0312. The number of pyridine rings is 1. The molecule has 0 aliphatic heterocycles. The standard InChI is InChI=1S/C18H20BrNO3/c1-13(14(2)23-17-9-8-16(19)11-20-17)10-18(21)22-12-15-6-4-3-5-7-15/h3-9,11,13-14H,10,12H2,1-2H3/t13-,14+/m1/s1. The summed E-state index contributed by atoms with van der Waals surface area (Å²) in [6, 6.07) is 13.3. The number of hydrogen-bond acceptors (Lipinski definition) is 4. The van der Waals surface area contributed by atoms with Crippen LogP contribution < -0.4 is 4.74 Å². The number of aromatic nitrogens is 1. The van der Waals surface area contributed by atoms with E-state index in [0.717, 1.165) is 10.0 Å². The minimum Gasteiger partial charge on any atom is -0.474 e. The Labute approximate surface area is 145 Å². The molecule has 0 fully saturated rings. The monoisotopic (exact) mass is 377 g/mol. The minimum atomic E-state index is -0.222. The van der Waals surface area contributed by atoms with Crippen LogP contribution in [-0.4, -0.2) is 17.1 Å². The van der Waals surface area contributed by atoms with Crippen molar-refractivity contribution in [3.63, 3.8) is 0 Å². The van der Waals surface area contributed by atoms with Gasteiger partial charge in [-0.3, -0.25) is 4.79 Å². The van der Waals surface area contributed by atoms with Crippen molar-refractivity contribution in [2.75, 3.05) is 0 Å². The Morgan fingerprint density at radius 2 is 1.91 bits per heavy atom. The third-order valence-corrected chi connectivity index (χ3v) is 4.01. The van der Waals surface area contributed by atoms with Crippen LogP contribution in [0.25, 0.3) is 0 Å². The fourth-order valence-electron chi connectivity index (χ4n) is 1.96. The average molecular weight is 378 g/mol. The molecule has 23 heavy (non-hydrogen) atoms. The molecule has 1 heterocycles. The topological polar surface area (TPSA) is 48.4 Å². The van der Waals surface area contributed by atoms with Gasteiger partial charge in [0, 0.05) is 22.7 Å². The van der Waals surface area contributed by atoms with Crippen LogP contribution in [0, 0.1) is 5.92 Å². The van der Waals surface area contributed by atoms with Gasteiger partial charge in [0.25, 0.3) is 0 Å². The summed E-state index contributed by atoms with van der Waals surface area (Å²) >= 11 is 3.33. The van der Waals surface area contributed by atoms with Gasteiger partial charge in [0.1, 0.15) is 12.7 Å². The summed E-state index contributed by atoms with van der Waals surface area (Å²) in [6.07, 6.45) is 1.86. The molecule has 0 spiro atoms. The van der Waals surface area contributed by atoms with E-state index in [1.807, 2.05) is 50.2 Å². The van der Waals surface area contributed by atoms with Gasteiger partial charge in [0.2, 0.25) is 5.88 Å². The van der Waals surface area contributed by atoms with Crippen LogP contribution >= 0.6 is 15.9 Å². The molecular formula is C18H20BrNO3. The second-order valence-electron chi connectivity index (χ2n) is 5.47. The number of ether oxygens (including phenoxy) is 2. The van der Waals surface area contributed by atoms with Gasteiger partial charge in [-0.2, -0.15) is 0 Å². The van der Waals surface area contributed by atoms with Crippen LogP contribution in [0.5, 0.6) is 5.88 Å². The van der Waals surface area contributed by atoms with E-state index in [0.29, 0.717) is 18.9 Å². The molecule has 4 nitrogen and oxygen atoms in total. The van der Waals surface area contributed by atoms with Crippen molar-refractivity contribution in [1.82, 2.24) is 4.98 Å². The fraction of sp³-hybridized carbons (Fsp3) is 0.333. The van der Waals surface area contributed by atoms with Gasteiger partial charge >= 0.3 is 5.97 Å². The number of hydrogen-bond donors (Lipinski definition) is 0. The molecule has 0 N–H and O–H groups in total. The summed E-state index contributed by atoms with van der Waals surface area (Å²) in [6.45, 7) is 4.20. The van der Waals surface area contributed by atoms with E-state index in [4.69, 9.17) is 9.47 Å². The smallest absolute Gasteiger partial charge is 0.306 e. The lowest BCUT2D eigenvalue weighted by atomic mass is 10.0. The zero-order valence-electron chi connectivity index (χ0n) is 13.2. The molecule has 2 atom stereocenters. The summed E-state index contributed by atoms with van der Waals surface area (Å²) in [5.74, 6) is 0.356. The van der Waals surface area contributed by atoms with Crippen molar-refractivity contribution in [3.05, 3.63) is 58.7 Å². The normalized spacial score (nSPS) is 13.2. The first-order valence-corrected chi connectivity index (χ1v) is 8.31. The van der Waals surface area contributed by atoms with Gasteiger partial charge in [-0.15, -0.1) is 0 Å². The second kappa shape index (κ2) is 8.67. The molecule has 5 heteroatoms. The van der Waals surface area contributed by atoms with Crippen molar-refractivity contribution >= 4 is 21.9 Å². The third kappa shape index (κ3) is 6.02. The molecule has 2 rings (SSSR count). The molecule has 2 aromatic rings. The van der Waals surface area contributed by atoms with E-state index in [1.165, 1.54) is 0 Å². The lowest BCUT2D eigenvalue weighted by Gasteiger charge is -2.20. The van der Waals surface area contributed by atoms with E-state index in [9.17, 15) is 4.79 Å². The lowest BCUT2D eigenvalue weighted by molar-refractivity contribution is -0.146. The maximum Gasteiger partial charge on any atom is 0.306 e. The molecule has 0 aliphatic rings. The van der Waals surface area contributed by atoms with Gasteiger partial charge < -0.3 is 9.47 Å². The van der Waals surface area contributed by atoms with Crippen molar-refractivity contribution in [2.45, 2.75) is 33.0 Å². The Bertz CT molecular complexity index is 616. The highest BCUT2D eigenvalue weighted by Crippen LogP contribution is 2.18. The van der Waals surface area contributed by atoms with E-state index in [1.54, 1.807) is 12.3 Å². The zero-order valence-corrected chi connectivity index (χ0v) is 14.8. The maximum absolute atomic E-state index is 11.9. The number of carbonyl (C=O) groups excluding carboxylic acids is 1. The van der Waals surface area contributed by atoms with Gasteiger partial charge in [0.15, 0.2) is 0 Å². The van der Waals surface area contributed by atoms with Gasteiger partial charge in [-0.1, -0.05) is 37.3 Å². The summed E-state index contributed by atoms with van der Waals surface area (Å²) < 4.78 is 12.0. The Morgan fingerprint density at radius 1 is 1.17 bits per heavy atom. The molecule has 0 amide bonds. The van der Waals surface area contributed by atoms with Crippen molar-refractivity contribution < 1.29 is 14.3 Å². The van der Waals surface area contributed by atoms with Crippen LogP contribution in [0.4, 0.5) is 0 Å². The molecule has 0 aliphatic carbocycles. The second-order valence-corrected chi connectivity index (χ2v) is 6.38. The van der Waals surface area contributed by atoms with E-state index < -0.39 is 0 Å². The molecule has 0 saturated carbocycles. The molecule has 0 unspecified atom stereocenters. The Morgan fingerprint density at radius 3 is 2.57 bits per heavy atom. The number of esters is 1. The van der Waals surface area contributed by atoms with Gasteiger partial charge in [-0.25, -0.2) is 4.98 Å². The first-order chi connectivity index (χ1) is 11.0. The molecule has 0 bridgehead atoms. The van der Waals surface area contributed by atoms with E-state index >= 15 is 0 Å². The van der Waals surface area contributed by atoms with Crippen molar-refractivity contribution in [1.29, 1.82) is 0 Å². The number of rotatable bonds is 7. The molecule has 0 radical (unpaired) electrons. The summed E-state index contributed by atoms with van der Waals surface area (Å²) in [4.78, 5) is 16.1. The van der Waals surface area contributed by atoms with E-state index in [2.05, 4.69) is 20.9 Å². The first kappa shape index (κ1) is 17.5. The number of carbonyl (C=O) groups is 1. The van der Waals surface area contributed by atoms with Crippen LogP contribution in [0.15, 0.2) is 53.1 Å². The quantitative estimate of drug-likeness (QED) is 0.671. The number of benzene rings is 1. The molecule has 122 valence electrons. The summed E-state index contributed by atoms with van der Waals surface area (Å²) in [7, 11) is 0. The Kier molecular flexibility index (Phi) is 6.59. The fourth-order valence-corrected chi connectivity index (χ4v) is 2.20.